The predicted molar refractivity (Wildman–Crippen MR) is 119 cm³/mol. The van der Waals surface area contributed by atoms with Crippen molar-refractivity contribution in [1.29, 1.82) is 0 Å². The zero-order valence-corrected chi connectivity index (χ0v) is 18.0. The SMILES string of the molecule is CCOc1ccc(/C(O)=C2/C(=O)C(=O)N(c3cccc(OC)c3)C2c2ccco2)cc1C. The van der Waals surface area contributed by atoms with Gasteiger partial charge in [0.2, 0.25) is 0 Å². The monoisotopic (exact) mass is 433 g/mol. The Bertz CT molecular complexity index is 1190. The molecule has 1 saturated heterocycles. The Morgan fingerprint density at radius 2 is 1.94 bits per heavy atom. The van der Waals surface area contributed by atoms with E-state index in [2.05, 4.69) is 0 Å². The van der Waals surface area contributed by atoms with Gasteiger partial charge >= 0.3 is 0 Å². The van der Waals surface area contributed by atoms with Crippen LogP contribution in [0.5, 0.6) is 11.5 Å². The molecule has 7 heteroatoms. The van der Waals surface area contributed by atoms with Gasteiger partial charge in [-0.2, -0.15) is 0 Å². The average molecular weight is 433 g/mol. The van der Waals surface area contributed by atoms with E-state index in [0.717, 1.165) is 5.56 Å². The van der Waals surface area contributed by atoms with Gasteiger partial charge in [-0.25, -0.2) is 0 Å². The second-order valence-corrected chi connectivity index (χ2v) is 7.30. The minimum atomic E-state index is -0.927. The number of carbonyl (C=O) groups is 2. The van der Waals surface area contributed by atoms with Crippen molar-refractivity contribution >= 4 is 23.1 Å². The van der Waals surface area contributed by atoms with Crippen LogP contribution < -0.4 is 14.4 Å². The summed E-state index contributed by atoms with van der Waals surface area (Å²) in [6.45, 7) is 4.24. The number of carbonyl (C=O) groups excluding carboxylic acids is 2. The Morgan fingerprint density at radius 1 is 1.12 bits per heavy atom. The van der Waals surface area contributed by atoms with Gasteiger partial charge in [0, 0.05) is 17.3 Å². The second-order valence-electron chi connectivity index (χ2n) is 7.30. The highest BCUT2D eigenvalue weighted by Crippen LogP contribution is 2.43. The number of aliphatic hydroxyl groups excluding tert-OH is 1. The van der Waals surface area contributed by atoms with E-state index in [4.69, 9.17) is 13.9 Å². The summed E-state index contributed by atoms with van der Waals surface area (Å²) in [5.41, 5.74) is 1.62. The summed E-state index contributed by atoms with van der Waals surface area (Å²) in [5.74, 6) is -0.257. The average Bonchev–Trinajstić information content (AvgIpc) is 3.42. The van der Waals surface area contributed by atoms with Gasteiger partial charge in [0.05, 0.1) is 25.6 Å². The fourth-order valence-corrected chi connectivity index (χ4v) is 3.84. The number of rotatable bonds is 6. The van der Waals surface area contributed by atoms with E-state index >= 15 is 0 Å². The van der Waals surface area contributed by atoms with E-state index in [1.165, 1.54) is 18.3 Å². The first-order chi connectivity index (χ1) is 15.5. The number of furan rings is 1. The van der Waals surface area contributed by atoms with Gasteiger partial charge in [-0.1, -0.05) is 6.07 Å². The number of aliphatic hydroxyl groups is 1. The molecule has 0 saturated carbocycles. The topological polar surface area (TPSA) is 89.2 Å². The number of aryl methyl sites for hydroxylation is 1. The van der Waals surface area contributed by atoms with Crippen molar-refractivity contribution < 1.29 is 28.6 Å². The van der Waals surface area contributed by atoms with E-state index in [1.807, 2.05) is 13.8 Å². The quantitative estimate of drug-likeness (QED) is 0.347. The largest absolute Gasteiger partial charge is 0.507 e. The third kappa shape index (κ3) is 3.62. The van der Waals surface area contributed by atoms with Gasteiger partial charge in [-0.05, 0) is 61.9 Å². The van der Waals surface area contributed by atoms with Gasteiger partial charge < -0.3 is 19.0 Å². The molecule has 3 aromatic rings. The minimum absolute atomic E-state index is 0.0451. The van der Waals surface area contributed by atoms with Gasteiger partial charge in [-0.3, -0.25) is 14.5 Å². The molecule has 4 rings (SSSR count). The standard InChI is InChI=1S/C25H23NO6/c1-4-31-19-11-10-16(13-15(19)2)23(27)21-22(20-9-6-12-32-20)26(25(29)24(21)28)17-7-5-8-18(14-17)30-3/h5-14,22,27H,4H2,1-3H3/b23-21-. The van der Waals surface area contributed by atoms with Crippen molar-refractivity contribution in [2.75, 3.05) is 18.6 Å². The number of benzene rings is 2. The van der Waals surface area contributed by atoms with Crippen molar-refractivity contribution in [3.8, 4) is 11.5 Å². The maximum atomic E-state index is 13.1. The highest BCUT2D eigenvalue weighted by atomic mass is 16.5. The minimum Gasteiger partial charge on any atom is -0.507 e. The molecule has 32 heavy (non-hydrogen) atoms. The second kappa shape index (κ2) is 8.63. The number of methoxy groups -OCH3 is 1. The first-order valence-corrected chi connectivity index (χ1v) is 10.2. The Labute approximate surface area is 185 Å². The molecule has 1 aliphatic rings. The Balaban J connectivity index is 1.88. The Hall–Kier alpha value is -4.00. The number of ketones is 1. The molecule has 164 valence electrons. The van der Waals surface area contributed by atoms with Gasteiger partial charge in [0.25, 0.3) is 11.7 Å². The number of ether oxygens (including phenoxy) is 2. The third-order valence-electron chi connectivity index (χ3n) is 5.34. The molecule has 1 fully saturated rings. The number of amides is 1. The molecule has 2 aromatic carbocycles. The molecule has 0 aliphatic carbocycles. The molecule has 1 aliphatic heterocycles. The lowest BCUT2D eigenvalue weighted by atomic mass is 9.98. The summed E-state index contributed by atoms with van der Waals surface area (Å²) in [6.07, 6.45) is 1.46. The normalized spacial score (nSPS) is 17.6. The van der Waals surface area contributed by atoms with Gasteiger partial charge in [-0.15, -0.1) is 0 Å². The van der Waals surface area contributed by atoms with Crippen LogP contribution in [0.3, 0.4) is 0 Å². The van der Waals surface area contributed by atoms with E-state index in [-0.39, 0.29) is 11.3 Å². The number of hydrogen-bond acceptors (Lipinski definition) is 6. The molecular formula is C25H23NO6. The number of nitrogens with zero attached hydrogens (tertiary/aromatic N) is 1. The van der Waals surface area contributed by atoms with Crippen LogP contribution in [-0.4, -0.2) is 30.5 Å². The van der Waals surface area contributed by atoms with Crippen LogP contribution >= 0.6 is 0 Å². The lowest BCUT2D eigenvalue weighted by Crippen LogP contribution is -2.29. The molecule has 1 atom stereocenters. The van der Waals surface area contributed by atoms with Crippen molar-refractivity contribution in [3.05, 3.63) is 83.3 Å². The van der Waals surface area contributed by atoms with Crippen molar-refractivity contribution in [2.24, 2.45) is 0 Å². The first-order valence-electron chi connectivity index (χ1n) is 10.2. The summed E-state index contributed by atoms with van der Waals surface area (Å²) in [7, 11) is 1.52. The first kappa shape index (κ1) is 21.2. The number of hydrogen-bond donors (Lipinski definition) is 1. The molecule has 1 amide bonds. The maximum absolute atomic E-state index is 13.1. The smallest absolute Gasteiger partial charge is 0.300 e. The van der Waals surface area contributed by atoms with Crippen LogP contribution in [0, 0.1) is 6.92 Å². The van der Waals surface area contributed by atoms with E-state index in [9.17, 15) is 14.7 Å². The van der Waals surface area contributed by atoms with Crippen molar-refractivity contribution in [1.82, 2.24) is 0 Å². The number of anilines is 1. The van der Waals surface area contributed by atoms with Crippen LogP contribution in [-0.2, 0) is 9.59 Å². The zero-order chi connectivity index (χ0) is 22.8. The molecule has 1 aromatic heterocycles. The highest BCUT2D eigenvalue weighted by Gasteiger charge is 2.48. The molecule has 0 radical (unpaired) electrons. The fraction of sp³-hybridized carbons (Fsp3) is 0.200. The molecule has 7 nitrogen and oxygen atoms in total. The van der Waals surface area contributed by atoms with Gasteiger partial charge in [0.1, 0.15) is 29.1 Å². The summed E-state index contributed by atoms with van der Waals surface area (Å²) in [6, 6.07) is 14.3. The van der Waals surface area contributed by atoms with Crippen LogP contribution in [0.15, 0.2) is 70.9 Å². The van der Waals surface area contributed by atoms with E-state index in [0.29, 0.717) is 35.1 Å². The van der Waals surface area contributed by atoms with Gasteiger partial charge in [0.15, 0.2) is 0 Å². The molecule has 0 spiro atoms. The number of Topliss-reactive ketones (excluding diaryl/α,β-unsaturated/α-hetero) is 1. The summed E-state index contributed by atoms with van der Waals surface area (Å²) >= 11 is 0. The van der Waals surface area contributed by atoms with Crippen LogP contribution in [0.1, 0.15) is 29.9 Å². The van der Waals surface area contributed by atoms with Crippen LogP contribution in [0.4, 0.5) is 5.69 Å². The Kier molecular flexibility index (Phi) is 5.73. The summed E-state index contributed by atoms with van der Waals surface area (Å²) in [4.78, 5) is 27.5. The third-order valence-corrected chi connectivity index (χ3v) is 5.34. The van der Waals surface area contributed by atoms with Crippen LogP contribution in [0.2, 0.25) is 0 Å². The lowest BCUT2D eigenvalue weighted by Gasteiger charge is -2.23. The van der Waals surface area contributed by atoms with E-state index < -0.39 is 17.7 Å². The zero-order valence-electron chi connectivity index (χ0n) is 18.0. The lowest BCUT2D eigenvalue weighted by molar-refractivity contribution is -0.132. The Morgan fingerprint density at radius 3 is 2.59 bits per heavy atom. The molecule has 1 unspecified atom stereocenters. The summed E-state index contributed by atoms with van der Waals surface area (Å²) in [5, 5.41) is 11.2. The highest BCUT2D eigenvalue weighted by molar-refractivity contribution is 6.51. The van der Waals surface area contributed by atoms with Crippen molar-refractivity contribution in [3.63, 3.8) is 0 Å². The fourth-order valence-electron chi connectivity index (χ4n) is 3.84. The predicted octanol–water partition coefficient (Wildman–Crippen LogP) is 4.62. The summed E-state index contributed by atoms with van der Waals surface area (Å²) < 4.78 is 16.4. The molecule has 1 N–H and O–H groups in total. The van der Waals surface area contributed by atoms with Crippen molar-refractivity contribution in [2.45, 2.75) is 19.9 Å². The molecule has 0 bridgehead atoms. The van der Waals surface area contributed by atoms with Crippen LogP contribution in [0.25, 0.3) is 5.76 Å². The maximum Gasteiger partial charge on any atom is 0.300 e. The molecular weight excluding hydrogens is 410 g/mol. The molecule has 2 heterocycles. The van der Waals surface area contributed by atoms with E-state index in [1.54, 1.807) is 54.6 Å².